The van der Waals surface area contributed by atoms with E-state index in [4.69, 9.17) is 10.00 Å². The summed E-state index contributed by atoms with van der Waals surface area (Å²) in [5, 5.41) is 12.0. The van der Waals surface area contributed by atoms with Gasteiger partial charge in [-0.25, -0.2) is 4.79 Å². The van der Waals surface area contributed by atoms with Crippen molar-refractivity contribution in [2.45, 2.75) is 57.5 Å². The molecule has 0 radical (unpaired) electrons. The SMILES string of the molecule is CCCN(C1CCN(C(=O)Nc2cccc(C#N)c2)CC1)C1CCc2ccc(OC)cc2C1. The average Bonchev–Trinajstić information content (AvgIpc) is 2.86. The molecule has 1 N–H and O–H groups in total. The number of carbonyl (C=O) groups is 1. The van der Waals surface area contributed by atoms with Crippen LogP contribution in [-0.4, -0.2) is 54.7 Å². The molecule has 0 spiro atoms. The predicted octanol–water partition coefficient (Wildman–Crippen LogP) is 4.83. The Morgan fingerprint density at radius 1 is 1.15 bits per heavy atom. The molecule has 1 aliphatic heterocycles. The van der Waals surface area contributed by atoms with E-state index in [9.17, 15) is 4.79 Å². The van der Waals surface area contributed by atoms with Gasteiger partial charge >= 0.3 is 6.03 Å². The molecule has 0 bridgehead atoms. The average molecular weight is 447 g/mol. The van der Waals surface area contributed by atoms with Gasteiger partial charge in [-0.3, -0.25) is 4.90 Å². The fraction of sp³-hybridized carbons (Fsp3) is 0.481. The van der Waals surface area contributed by atoms with Gasteiger partial charge in [-0.1, -0.05) is 19.1 Å². The highest BCUT2D eigenvalue weighted by molar-refractivity contribution is 5.89. The molecular formula is C27H34N4O2. The summed E-state index contributed by atoms with van der Waals surface area (Å²) in [4.78, 5) is 17.4. The number of hydrogen-bond donors (Lipinski definition) is 1. The maximum atomic E-state index is 12.8. The third-order valence-electron chi connectivity index (χ3n) is 7.03. The largest absolute Gasteiger partial charge is 0.497 e. The van der Waals surface area contributed by atoms with Gasteiger partial charge in [0.05, 0.1) is 18.7 Å². The number of fused-ring (bicyclic) bond motifs is 1. The topological polar surface area (TPSA) is 68.6 Å². The monoisotopic (exact) mass is 446 g/mol. The molecule has 0 aromatic heterocycles. The summed E-state index contributed by atoms with van der Waals surface area (Å²) >= 11 is 0. The van der Waals surface area contributed by atoms with Crippen molar-refractivity contribution >= 4 is 11.7 Å². The molecule has 6 heteroatoms. The van der Waals surface area contributed by atoms with E-state index in [-0.39, 0.29) is 6.03 Å². The van der Waals surface area contributed by atoms with Crippen LogP contribution in [0.4, 0.5) is 10.5 Å². The predicted molar refractivity (Wildman–Crippen MR) is 131 cm³/mol. The van der Waals surface area contributed by atoms with Crippen molar-refractivity contribution in [1.82, 2.24) is 9.80 Å². The minimum Gasteiger partial charge on any atom is -0.497 e. The molecule has 1 aliphatic carbocycles. The molecule has 1 saturated heterocycles. The van der Waals surface area contributed by atoms with Crippen LogP contribution in [0.15, 0.2) is 42.5 Å². The van der Waals surface area contributed by atoms with Gasteiger partial charge < -0.3 is 15.0 Å². The molecule has 1 atom stereocenters. The summed E-state index contributed by atoms with van der Waals surface area (Å²) in [5.41, 5.74) is 4.09. The van der Waals surface area contributed by atoms with Crippen LogP contribution in [0, 0.1) is 11.3 Å². The van der Waals surface area contributed by atoms with E-state index in [1.165, 1.54) is 17.5 Å². The first-order valence-electron chi connectivity index (χ1n) is 12.1. The fourth-order valence-corrected chi connectivity index (χ4v) is 5.32. The van der Waals surface area contributed by atoms with Crippen molar-refractivity contribution in [2.75, 3.05) is 32.1 Å². The summed E-state index contributed by atoms with van der Waals surface area (Å²) in [6, 6.07) is 16.7. The zero-order valence-electron chi connectivity index (χ0n) is 19.7. The minimum atomic E-state index is -0.0794. The van der Waals surface area contributed by atoms with Crippen LogP contribution in [0.5, 0.6) is 5.75 Å². The highest BCUT2D eigenvalue weighted by Gasteiger charge is 2.32. The van der Waals surface area contributed by atoms with Crippen molar-refractivity contribution in [1.29, 1.82) is 5.26 Å². The minimum absolute atomic E-state index is 0.0794. The molecule has 1 unspecified atom stereocenters. The summed E-state index contributed by atoms with van der Waals surface area (Å²) < 4.78 is 5.46. The zero-order chi connectivity index (χ0) is 23.2. The lowest BCUT2D eigenvalue weighted by Gasteiger charge is -2.44. The lowest BCUT2D eigenvalue weighted by molar-refractivity contribution is 0.0768. The number of nitrogens with zero attached hydrogens (tertiary/aromatic N) is 3. The molecule has 2 amide bonds. The van der Waals surface area contributed by atoms with Crippen LogP contribution in [0.25, 0.3) is 0 Å². The molecule has 0 saturated carbocycles. The van der Waals surface area contributed by atoms with Gasteiger partial charge in [-0.2, -0.15) is 5.26 Å². The van der Waals surface area contributed by atoms with Gasteiger partial charge in [0.1, 0.15) is 5.75 Å². The molecule has 174 valence electrons. The normalized spacial score (nSPS) is 18.5. The quantitative estimate of drug-likeness (QED) is 0.690. The number of aryl methyl sites for hydroxylation is 1. The Labute approximate surface area is 197 Å². The first-order chi connectivity index (χ1) is 16.1. The van der Waals surface area contributed by atoms with Crippen LogP contribution in [0.2, 0.25) is 0 Å². The van der Waals surface area contributed by atoms with E-state index in [1.54, 1.807) is 25.3 Å². The third kappa shape index (κ3) is 5.48. The van der Waals surface area contributed by atoms with Crippen LogP contribution in [-0.2, 0) is 12.8 Å². The van der Waals surface area contributed by atoms with Crippen molar-refractivity contribution in [3.8, 4) is 11.8 Å². The van der Waals surface area contributed by atoms with Gasteiger partial charge in [-0.15, -0.1) is 0 Å². The van der Waals surface area contributed by atoms with Crippen LogP contribution >= 0.6 is 0 Å². The Morgan fingerprint density at radius 2 is 1.97 bits per heavy atom. The van der Waals surface area contributed by atoms with Crippen molar-refractivity contribution < 1.29 is 9.53 Å². The summed E-state index contributed by atoms with van der Waals surface area (Å²) in [7, 11) is 1.73. The number of methoxy groups -OCH3 is 1. The molecule has 1 fully saturated rings. The Bertz CT molecular complexity index is 1010. The number of rotatable bonds is 6. The Hall–Kier alpha value is -3.04. The van der Waals surface area contributed by atoms with Crippen molar-refractivity contribution in [3.63, 3.8) is 0 Å². The number of hydrogen-bond acceptors (Lipinski definition) is 4. The zero-order valence-corrected chi connectivity index (χ0v) is 19.7. The van der Waals surface area contributed by atoms with E-state index < -0.39 is 0 Å². The highest BCUT2D eigenvalue weighted by Crippen LogP contribution is 2.31. The molecule has 2 aliphatic rings. The van der Waals surface area contributed by atoms with Gasteiger partial charge in [0.2, 0.25) is 0 Å². The Balaban J connectivity index is 1.36. The van der Waals surface area contributed by atoms with Crippen molar-refractivity contribution in [2.24, 2.45) is 0 Å². The lowest BCUT2D eigenvalue weighted by atomic mass is 9.86. The number of amides is 2. The molecule has 6 nitrogen and oxygen atoms in total. The fourth-order valence-electron chi connectivity index (χ4n) is 5.32. The first-order valence-corrected chi connectivity index (χ1v) is 12.1. The van der Waals surface area contributed by atoms with Gasteiger partial charge in [0.25, 0.3) is 0 Å². The molecule has 2 aromatic rings. The second-order valence-corrected chi connectivity index (χ2v) is 9.11. The second kappa shape index (κ2) is 10.7. The number of ether oxygens (including phenoxy) is 1. The van der Waals surface area contributed by atoms with E-state index in [0.717, 1.165) is 57.5 Å². The molecule has 2 aromatic carbocycles. The van der Waals surface area contributed by atoms with Crippen molar-refractivity contribution in [3.05, 3.63) is 59.2 Å². The Kier molecular flexibility index (Phi) is 7.51. The van der Waals surface area contributed by atoms with Crippen LogP contribution < -0.4 is 10.1 Å². The third-order valence-corrected chi connectivity index (χ3v) is 7.03. The number of benzene rings is 2. The molecule has 1 heterocycles. The summed E-state index contributed by atoms with van der Waals surface area (Å²) in [6.45, 7) is 4.87. The maximum Gasteiger partial charge on any atom is 0.321 e. The summed E-state index contributed by atoms with van der Waals surface area (Å²) in [5.74, 6) is 0.941. The van der Waals surface area contributed by atoms with Crippen LogP contribution in [0.1, 0.15) is 49.3 Å². The number of carbonyl (C=O) groups excluding carboxylic acids is 1. The lowest BCUT2D eigenvalue weighted by Crippen LogP contribution is -2.52. The number of nitrogens with one attached hydrogen (secondary N) is 1. The molecule has 33 heavy (non-hydrogen) atoms. The number of anilines is 1. The number of likely N-dealkylation sites (tertiary alicyclic amines) is 1. The van der Waals surface area contributed by atoms with E-state index in [0.29, 0.717) is 23.3 Å². The number of piperidine rings is 1. The molecular weight excluding hydrogens is 412 g/mol. The number of urea groups is 1. The first kappa shape index (κ1) is 23.1. The van der Waals surface area contributed by atoms with E-state index in [1.807, 2.05) is 11.0 Å². The van der Waals surface area contributed by atoms with Crippen LogP contribution in [0.3, 0.4) is 0 Å². The van der Waals surface area contributed by atoms with E-state index >= 15 is 0 Å². The highest BCUT2D eigenvalue weighted by atomic mass is 16.5. The molecule has 4 rings (SSSR count). The standard InChI is InChI=1S/C27H34N4O2/c1-3-13-31(25-9-7-21-8-10-26(33-2)18-22(21)17-25)24-11-14-30(15-12-24)27(32)29-23-6-4-5-20(16-23)19-28/h4-6,8,10,16,18,24-25H,3,7,9,11-15,17H2,1-2H3,(H,29,32). The van der Waals surface area contributed by atoms with Gasteiger partial charge in [0, 0.05) is 30.9 Å². The Morgan fingerprint density at radius 3 is 2.70 bits per heavy atom. The second-order valence-electron chi connectivity index (χ2n) is 9.11. The van der Waals surface area contributed by atoms with E-state index in [2.05, 4.69) is 41.4 Å². The van der Waals surface area contributed by atoms with Gasteiger partial charge in [0.15, 0.2) is 0 Å². The van der Waals surface area contributed by atoms with Gasteiger partial charge in [-0.05, 0) is 86.5 Å². The maximum absolute atomic E-state index is 12.8. The smallest absolute Gasteiger partial charge is 0.321 e. The number of nitriles is 1. The summed E-state index contributed by atoms with van der Waals surface area (Å²) in [6.07, 6.45) is 6.50.